The van der Waals surface area contributed by atoms with Crippen LogP contribution in [-0.4, -0.2) is 54.0 Å². The van der Waals surface area contributed by atoms with Crippen molar-refractivity contribution in [1.82, 2.24) is 14.8 Å². The Labute approximate surface area is 152 Å². The Morgan fingerprint density at radius 3 is 2.80 bits per heavy atom. The molecule has 1 aromatic carbocycles. The third-order valence-corrected chi connectivity index (χ3v) is 5.75. The molecule has 5 nitrogen and oxygen atoms in total. The SMILES string of the molecule is COc1cccc(C(=O)N2CCN(Cc3nc(C4CC4)cs3)CC2)c1. The summed E-state index contributed by atoms with van der Waals surface area (Å²) in [5, 5.41) is 3.42. The van der Waals surface area contributed by atoms with Gasteiger partial charge in [0.25, 0.3) is 5.91 Å². The van der Waals surface area contributed by atoms with E-state index in [0.29, 0.717) is 5.56 Å². The number of piperazine rings is 1. The number of aromatic nitrogens is 1. The van der Waals surface area contributed by atoms with Crippen molar-refractivity contribution < 1.29 is 9.53 Å². The molecule has 25 heavy (non-hydrogen) atoms. The molecule has 6 heteroatoms. The minimum absolute atomic E-state index is 0.0869. The van der Waals surface area contributed by atoms with E-state index in [1.54, 1.807) is 18.4 Å². The number of methoxy groups -OCH3 is 1. The van der Waals surface area contributed by atoms with Crippen molar-refractivity contribution in [2.24, 2.45) is 0 Å². The monoisotopic (exact) mass is 357 g/mol. The van der Waals surface area contributed by atoms with Gasteiger partial charge in [-0.3, -0.25) is 9.69 Å². The smallest absolute Gasteiger partial charge is 0.254 e. The molecule has 0 bridgehead atoms. The topological polar surface area (TPSA) is 45.7 Å². The third-order valence-electron chi connectivity index (χ3n) is 4.90. The lowest BCUT2D eigenvalue weighted by molar-refractivity contribution is 0.0628. The van der Waals surface area contributed by atoms with Gasteiger partial charge in [0.15, 0.2) is 0 Å². The highest BCUT2D eigenvalue weighted by atomic mass is 32.1. The van der Waals surface area contributed by atoms with Gasteiger partial charge in [-0.2, -0.15) is 0 Å². The van der Waals surface area contributed by atoms with Gasteiger partial charge in [-0.15, -0.1) is 11.3 Å². The first-order valence-electron chi connectivity index (χ1n) is 8.83. The van der Waals surface area contributed by atoms with Crippen LogP contribution in [0.2, 0.25) is 0 Å². The molecule has 2 heterocycles. The second-order valence-corrected chi connectivity index (χ2v) is 7.68. The summed E-state index contributed by atoms with van der Waals surface area (Å²) in [5.74, 6) is 1.53. The molecule has 2 fully saturated rings. The van der Waals surface area contributed by atoms with Gasteiger partial charge in [0, 0.05) is 43.0 Å². The van der Waals surface area contributed by atoms with Crippen LogP contribution in [0.4, 0.5) is 0 Å². The Morgan fingerprint density at radius 2 is 2.08 bits per heavy atom. The molecule has 132 valence electrons. The van der Waals surface area contributed by atoms with Crippen LogP contribution in [-0.2, 0) is 6.54 Å². The fourth-order valence-electron chi connectivity index (χ4n) is 3.20. The van der Waals surface area contributed by atoms with Crippen LogP contribution >= 0.6 is 11.3 Å². The summed E-state index contributed by atoms with van der Waals surface area (Å²) in [5.41, 5.74) is 1.98. The van der Waals surface area contributed by atoms with Crippen molar-refractivity contribution in [1.29, 1.82) is 0 Å². The quantitative estimate of drug-likeness (QED) is 0.825. The van der Waals surface area contributed by atoms with E-state index >= 15 is 0 Å². The summed E-state index contributed by atoms with van der Waals surface area (Å²) >= 11 is 1.77. The van der Waals surface area contributed by atoms with Crippen LogP contribution < -0.4 is 4.74 Å². The predicted octanol–water partition coefficient (Wildman–Crippen LogP) is 2.99. The minimum atomic E-state index is 0.0869. The van der Waals surface area contributed by atoms with Gasteiger partial charge in [0.05, 0.1) is 19.3 Å². The van der Waals surface area contributed by atoms with Crippen LogP contribution in [0.5, 0.6) is 5.75 Å². The lowest BCUT2D eigenvalue weighted by Crippen LogP contribution is -2.48. The number of hydrogen-bond donors (Lipinski definition) is 0. The van der Waals surface area contributed by atoms with E-state index in [1.807, 2.05) is 29.2 Å². The Morgan fingerprint density at radius 1 is 1.28 bits per heavy atom. The van der Waals surface area contributed by atoms with E-state index in [2.05, 4.69) is 10.3 Å². The van der Waals surface area contributed by atoms with Gasteiger partial charge in [-0.05, 0) is 31.0 Å². The Balaban J connectivity index is 1.31. The van der Waals surface area contributed by atoms with Crippen LogP contribution in [0.15, 0.2) is 29.6 Å². The van der Waals surface area contributed by atoms with E-state index in [0.717, 1.165) is 44.4 Å². The van der Waals surface area contributed by atoms with Gasteiger partial charge in [-0.25, -0.2) is 4.98 Å². The normalized spacial score (nSPS) is 18.4. The van der Waals surface area contributed by atoms with Gasteiger partial charge in [0.2, 0.25) is 0 Å². The number of carbonyl (C=O) groups excluding carboxylic acids is 1. The average Bonchev–Trinajstić information content (AvgIpc) is 3.41. The summed E-state index contributed by atoms with van der Waals surface area (Å²) < 4.78 is 5.21. The van der Waals surface area contributed by atoms with Gasteiger partial charge >= 0.3 is 0 Å². The largest absolute Gasteiger partial charge is 0.497 e. The molecular weight excluding hydrogens is 334 g/mol. The predicted molar refractivity (Wildman–Crippen MR) is 98.3 cm³/mol. The first-order valence-corrected chi connectivity index (χ1v) is 9.71. The summed E-state index contributed by atoms with van der Waals surface area (Å²) in [6.45, 7) is 4.22. The Bertz CT molecular complexity index is 749. The molecule has 4 rings (SSSR count). The van der Waals surface area contributed by atoms with Gasteiger partial charge in [0.1, 0.15) is 10.8 Å². The number of nitrogens with zero attached hydrogens (tertiary/aromatic N) is 3. The van der Waals surface area contributed by atoms with Crippen molar-refractivity contribution >= 4 is 17.2 Å². The van der Waals surface area contributed by atoms with Crippen molar-refractivity contribution in [3.05, 3.63) is 45.9 Å². The van der Waals surface area contributed by atoms with E-state index in [9.17, 15) is 4.79 Å². The maximum Gasteiger partial charge on any atom is 0.254 e. The summed E-state index contributed by atoms with van der Waals surface area (Å²) in [6, 6.07) is 7.39. The van der Waals surface area contributed by atoms with Crippen molar-refractivity contribution in [3.8, 4) is 5.75 Å². The van der Waals surface area contributed by atoms with Crippen LogP contribution in [0.3, 0.4) is 0 Å². The molecule has 1 saturated heterocycles. The molecule has 1 aliphatic heterocycles. The highest BCUT2D eigenvalue weighted by molar-refractivity contribution is 7.09. The van der Waals surface area contributed by atoms with Crippen molar-refractivity contribution in [2.45, 2.75) is 25.3 Å². The van der Waals surface area contributed by atoms with E-state index in [-0.39, 0.29) is 5.91 Å². The zero-order valence-electron chi connectivity index (χ0n) is 14.5. The zero-order chi connectivity index (χ0) is 17.2. The minimum Gasteiger partial charge on any atom is -0.497 e. The highest BCUT2D eigenvalue weighted by Gasteiger charge is 2.27. The molecule has 0 spiro atoms. The maximum absolute atomic E-state index is 12.7. The summed E-state index contributed by atoms with van der Waals surface area (Å²) in [7, 11) is 1.62. The number of rotatable bonds is 5. The highest BCUT2D eigenvalue weighted by Crippen LogP contribution is 2.40. The summed E-state index contributed by atoms with van der Waals surface area (Å²) in [6.07, 6.45) is 2.60. The van der Waals surface area contributed by atoms with Gasteiger partial charge < -0.3 is 9.64 Å². The molecule has 1 aliphatic carbocycles. The van der Waals surface area contributed by atoms with Crippen LogP contribution in [0.1, 0.15) is 39.8 Å². The van der Waals surface area contributed by atoms with Crippen molar-refractivity contribution in [3.63, 3.8) is 0 Å². The average molecular weight is 357 g/mol. The van der Waals surface area contributed by atoms with Gasteiger partial charge in [-0.1, -0.05) is 6.07 Å². The molecule has 0 radical (unpaired) electrons. The fourth-order valence-corrected chi connectivity index (χ4v) is 4.12. The molecule has 0 N–H and O–H groups in total. The Hall–Kier alpha value is -1.92. The number of amides is 1. The number of benzene rings is 1. The first-order chi connectivity index (χ1) is 12.2. The molecule has 1 saturated carbocycles. The molecule has 1 amide bonds. The van der Waals surface area contributed by atoms with E-state index in [1.165, 1.54) is 23.5 Å². The molecule has 2 aliphatic rings. The molecule has 0 unspecified atom stereocenters. The Kier molecular flexibility index (Phi) is 4.72. The second kappa shape index (κ2) is 7.14. The number of hydrogen-bond acceptors (Lipinski definition) is 5. The maximum atomic E-state index is 12.7. The van der Waals surface area contributed by atoms with Crippen LogP contribution in [0.25, 0.3) is 0 Å². The van der Waals surface area contributed by atoms with E-state index in [4.69, 9.17) is 9.72 Å². The fraction of sp³-hybridized carbons (Fsp3) is 0.474. The van der Waals surface area contributed by atoms with Crippen LogP contribution in [0, 0.1) is 0 Å². The second-order valence-electron chi connectivity index (χ2n) is 6.74. The third kappa shape index (κ3) is 3.85. The standard InChI is InChI=1S/C19H23N3O2S/c1-24-16-4-2-3-15(11-16)19(23)22-9-7-21(8-10-22)12-18-20-17(13-25-18)14-5-6-14/h2-4,11,13-14H,5-10,12H2,1H3. The zero-order valence-corrected chi connectivity index (χ0v) is 15.3. The first kappa shape index (κ1) is 16.5. The molecule has 0 atom stereocenters. The van der Waals surface area contributed by atoms with Crippen molar-refractivity contribution in [2.75, 3.05) is 33.3 Å². The molecule has 1 aromatic heterocycles. The number of thiazole rings is 1. The number of carbonyl (C=O) groups is 1. The number of ether oxygens (including phenoxy) is 1. The molecule has 2 aromatic rings. The lowest BCUT2D eigenvalue weighted by atomic mass is 10.1. The summed E-state index contributed by atoms with van der Waals surface area (Å²) in [4.78, 5) is 21.8. The van der Waals surface area contributed by atoms with E-state index < -0.39 is 0 Å². The molecular formula is C19H23N3O2S. The lowest BCUT2D eigenvalue weighted by Gasteiger charge is -2.34.